The highest BCUT2D eigenvalue weighted by Crippen LogP contribution is 2.22. The van der Waals surface area contributed by atoms with E-state index in [4.69, 9.17) is 9.47 Å². The fraction of sp³-hybridized carbons (Fsp3) is 0.267. The quantitative estimate of drug-likeness (QED) is 0.671. The van der Waals surface area contributed by atoms with Crippen molar-refractivity contribution in [1.82, 2.24) is 15.2 Å². The molecule has 0 saturated heterocycles. The molecule has 0 saturated carbocycles. The second-order valence-corrected chi connectivity index (χ2v) is 4.64. The lowest BCUT2D eigenvalue weighted by molar-refractivity contribution is 0.0954. The van der Waals surface area contributed by atoms with Crippen LogP contribution in [-0.4, -0.2) is 36.1 Å². The number of nitrogens with one attached hydrogen (secondary N) is 1. The van der Waals surface area contributed by atoms with Crippen molar-refractivity contribution in [1.29, 1.82) is 0 Å². The molecule has 2 rings (SSSR count). The summed E-state index contributed by atoms with van der Waals surface area (Å²) in [7, 11) is 4.88. The number of carbonyl (C=O) groups excluding carboxylic acids is 1. The number of benzene rings is 1. The molecule has 0 bridgehead atoms. The Balaban J connectivity index is 2.10. The summed E-state index contributed by atoms with van der Waals surface area (Å²) in [4.78, 5) is 12.1. The Labute approximate surface area is 128 Å². The third-order valence-corrected chi connectivity index (χ3v) is 3.03. The largest absolute Gasteiger partial charge is 0.497 e. The lowest BCUT2D eigenvalue weighted by atomic mass is 10.2. The SMILES string of the molecule is COc1cc(OC)cc(C(=O)N/N=C/c2cn(C)nc2C)c1. The van der Waals surface area contributed by atoms with E-state index < -0.39 is 0 Å². The van der Waals surface area contributed by atoms with Crippen LogP contribution < -0.4 is 14.9 Å². The lowest BCUT2D eigenvalue weighted by Gasteiger charge is -2.07. The smallest absolute Gasteiger partial charge is 0.271 e. The molecule has 0 unspecified atom stereocenters. The number of hydrogen-bond donors (Lipinski definition) is 1. The van der Waals surface area contributed by atoms with Crippen molar-refractivity contribution >= 4 is 12.1 Å². The Kier molecular flexibility index (Phi) is 4.77. The van der Waals surface area contributed by atoms with Gasteiger partial charge in [-0.25, -0.2) is 5.43 Å². The summed E-state index contributed by atoms with van der Waals surface area (Å²) in [5.74, 6) is 0.725. The molecule has 1 aromatic heterocycles. The summed E-state index contributed by atoms with van der Waals surface area (Å²) < 4.78 is 11.9. The van der Waals surface area contributed by atoms with Crippen LogP contribution in [0.3, 0.4) is 0 Å². The molecule has 116 valence electrons. The Morgan fingerprint density at radius 1 is 1.27 bits per heavy atom. The molecule has 0 radical (unpaired) electrons. The summed E-state index contributed by atoms with van der Waals surface area (Å²) in [5.41, 5.74) is 4.54. The Bertz CT molecular complexity index is 685. The van der Waals surface area contributed by atoms with E-state index in [0.717, 1.165) is 11.3 Å². The first-order valence-corrected chi connectivity index (χ1v) is 6.60. The summed E-state index contributed by atoms with van der Waals surface area (Å²) in [5, 5.41) is 8.14. The van der Waals surface area contributed by atoms with Gasteiger partial charge in [-0.3, -0.25) is 9.48 Å². The number of methoxy groups -OCH3 is 2. The summed E-state index contributed by atoms with van der Waals surface area (Å²) in [6.45, 7) is 1.87. The topological polar surface area (TPSA) is 77.7 Å². The third-order valence-electron chi connectivity index (χ3n) is 3.03. The highest BCUT2D eigenvalue weighted by atomic mass is 16.5. The molecule has 0 atom stereocenters. The number of ether oxygens (including phenoxy) is 2. The van der Waals surface area contributed by atoms with Crippen LogP contribution in [0.4, 0.5) is 0 Å². The van der Waals surface area contributed by atoms with Crippen molar-refractivity contribution < 1.29 is 14.3 Å². The Morgan fingerprint density at radius 3 is 2.41 bits per heavy atom. The van der Waals surface area contributed by atoms with Crippen molar-refractivity contribution in [2.24, 2.45) is 12.1 Å². The molecule has 1 aromatic carbocycles. The predicted molar refractivity (Wildman–Crippen MR) is 82.6 cm³/mol. The maximum atomic E-state index is 12.1. The van der Waals surface area contributed by atoms with Crippen LogP contribution in [0.5, 0.6) is 11.5 Å². The first-order valence-electron chi connectivity index (χ1n) is 6.60. The van der Waals surface area contributed by atoms with Crippen molar-refractivity contribution in [3.8, 4) is 11.5 Å². The second kappa shape index (κ2) is 6.75. The first kappa shape index (κ1) is 15.6. The minimum Gasteiger partial charge on any atom is -0.497 e. The molecule has 2 aromatic rings. The molecular formula is C15H18N4O3. The van der Waals surface area contributed by atoms with E-state index in [9.17, 15) is 4.79 Å². The van der Waals surface area contributed by atoms with Gasteiger partial charge in [0.1, 0.15) is 11.5 Å². The molecule has 1 heterocycles. The number of carbonyl (C=O) groups is 1. The highest BCUT2D eigenvalue weighted by molar-refractivity contribution is 5.95. The molecule has 7 nitrogen and oxygen atoms in total. The molecule has 0 aliphatic carbocycles. The first-order chi connectivity index (χ1) is 10.5. The normalized spacial score (nSPS) is 10.7. The number of hydrazone groups is 1. The van der Waals surface area contributed by atoms with Gasteiger partial charge in [-0.1, -0.05) is 0 Å². The van der Waals surface area contributed by atoms with Crippen LogP contribution >= 0.6 is 0 Å². The highest BCUT2D eigenvalue weighted by Gasteiger charge is 2.09. The monoisotopic (exact) mass is 302 g/mol. The van der Waals surface area contributed by atoms with Crippen molar-refractivity contribution in [3.05, 3.63) is 41.2 Å². The van der Waals surface area contributed by atoms with Gasteiger partial charge in [0, 0.05) is 30.4 Å². The molecule has 7 heteroatoms. The molecule has 0 aliphatic heterocycles. The van der Waals surface area contributed by atoms with Gasteiger partial charge in [0.2, 0.25) is 0 Å². The summed E-state index contributed by atoms with van der Waals surface area (Å²) in [6, 6.07) is 4.92. The van der Waals surface area contributed by atoms with Gasteiger partial charge < -0.3 is 9.47 Å². The van der Waals surface area contributed by atoms with E-state index in [0.29, 0.717) is 17.1 Å². The van der Waals surface area contributed by atoms with Gasteiger partial charge in [0.15, 0.2) is 0 Å². The third kappa shape index (κ3) is 3.63. The van der Waals surface area contributed by atoms with Gasteiger partial charge >= 0.3 is 0 Å². The number of aryl methyl sites for hydroxylation is 2. The average Bonchev–Trinajstić information content (AvgIpc) is 2.84. The summed E-state index contributed by atoms with van der Waals surface area (Å²) in [6.07, 6.45) is 3.37. The zero-order valence-corrected chi connectivity index (χ0v) is 13.0. The second-order valence-electron chi connectivity index (χ2n) is 4.64. The molecule has 22 heavy (non-hydrogen) atoms. The van der Waals surface area contributed by atoms with E-state index in [1.54, 1.807) is 29.1 Å². The number of hydrogen-bond acceptors (Lipinski definition) is 5. The molecular weight excluding hydrogens is 284 g/mol. The predicted octanol–water partition coefficient (Wildman–Crippen LogP) is 1.51. The molecule has 0 aliphatic rings. The molecule has 0 spiro atoms. The number of amides is 1. The van der Waals surface area contributed by atoms with E-state index in [1.807, 2.05) is 20.2 Å². The fourth-order valence-corrected chi connectivity index (χ4v) is 1.91. The standard InChI is InChI=1S/C15H18N4O3/c1-10-12(9-19(2)18-10)8-16-17-15(20)11-5-13(21-3)7-14(6-11)22-4/h5-9H,1-4H3,(H,17,20)/b16-8+. The fourth-order valence-electron chi connectivity index (χ4n) is 1.91. The van der Waals surface area contributed by atoms with E-state index in [-0.39, 0.29) is 5.91 Å². The summed E-state index contributed by atoms with van der Waals surface area (Å²) >= 11 is 0. The van der Waals surface area contributed by atoms with Crippen molar-refractivity contribution in [3.63, 3.8) is 0 Å². The van der Waals surface area contributed by atoms with E-state index >= 15 is 0 Å². The van der Waals surface area contributed by atoms with Crippen LogP contribution in [0.1, 0.15) is 21.6 Å². The van der Waals surface area contributed by atoms with Gasteiger partial charge in [0.05, 0.1) is 26.1 Å². The zero-order chi connectivity index (χ0) is 16.1. The number of aromatic nitrogens is 2. The van der Waals surface area contributed by atoms with Crippen LogP contribution in [0, 0.1) is 6.92 Å². The molecule has 1 N–H and O–H groups in total. The minimum atomic E-state index is -0.352. The van der Waals surface area contributed by atoms with Crippen molar-refractivity contribution in [2.45, 2.75) is 6.92 Å². The average molecular weight is 302 g/mol. The van der Waals surface area contributed by atoms with E-state index in [2.05, 4.69) is 15.6 Å². The maximum absolute atomic E-state index is 12.1. The van der Waals surface area contributed by atoms with Crippen LogP contribution in [-0.2, 0) is 7.05 Å². The van der Waals surface area contributed by atoms with Crippen LogP contribution in [0.25, 0.3) is 0 Å². The zero-order valence-electron chi connectivity index (χ0n) is 13.0. The van der Waals surface area contributed by atoms with Gasteiger partial charge in [0.25, 0.3) is 5.91 Å². The van der Waals surface area contributed by atoms with Crippen LogP contribution in [0.15, 0.2) is 29.5 Å². The van der Waals surface area contributed by atoms with Crippen molar-refractivity contribution in [2.75, 3.05) is 14.2 Å². The Hall–Kier alpha value is -2.83. The number of nitrogens with zero attached hydrogens (tertiary/aromatic N) is 3. The van der Waals surface area contributed by atoms with Gasteiger partial charge in [-0.05, 0) is 19.1 Å². The number of rotatable bonds is 5. The van der Waals surface area contributed by atoms with Crippen LogP contribution in [0.2, 0.25) is 0 Å². The van der Waals surface area contributed by atoms with Gasteiger partial charge in [-0.2, -0.15) is 10.2 Å². The molecule has 0 fully saturated rings. The van der Waals surface area contributed by atoms with Gasteiger partial charge in [-0.15, -0.1) is 0 Å². The maximum Gasteiger partial charge on any atom is 0.271 e. The molecule has 1 amide bonds. The lowest BCUT2D eigenvalue weighted by Crippen LogP contribution is -2.17. The minimum absolute atomic E-state index is 0.352. The van der Waals surface area contributed by atoms with E-state index in [1.165, 1.54) is 14.2 Å². The Morgan fingerprint density at radius 2 is 1.91 bits per heavy atom.